The number of hydrogen-bond acceptors (Lipinski definition) is 6. The first-order valence-electron chi connectivity index (χ1n) is 10.1. The first kappa shape index (κ1) is 23.2. The van der Waals surface area contributed by atoms with Crippen molar-refractivity contribution in [2.24, 2.45) is 5.92 Å². The molecule has 9 nitrogen and oxygen atoms in total. The second-order valence-electron chi connectivity index (χ2n) is 7.86. The fourth-order valence-corrected chi connectivity index (χ4v) is 5.37. The van der Waals surface area contributed by atoms with Crippen LogP contribution in [-0.4, -0.2) is 74.0 Å². The molecule has 2 heterocycles. The van der Waals surface area contributed by atoms with E-state index in [1.165, 1.54) is 15.4 Å². The van der Waals surface area contributed by atoms with Gasteiger partial charge in [-0.25, -0.2) is 17.7 Å². The van der Waals surface area contributed by atoms with Gasteiger partial charge in [0.15, 0.2) is 0 Å². The van der Waals surface area contributed by atoms with Crippen molar-refractivity contribution in [3.63, 3.8) is 0 Å². The minimum atomic E-state index is -3.31. The Morgan fingerprint density at radius 2 is 1.97 bits per heavy atom. The van der Waals surface area contributed by atoms with Crippen LogP contribution in [0.5, 0.6) is 5.75 Å². The molecule has 2 aliphatic rings. The summed E-state index contributed by atoms with van der Waals surface area (Å²) in [6.45, 7) is 0.654. The summed E-state index contributed by atoms with van der Waals surface area (Å²) in [7, 11) is 1.51. The number of carboxylic acid groups (broad SMARTS) is 1. The van der Waals surface area contributed by atoms with Gasteiger partial charge >= 0.3 is 0 Å². The van der Waals surface area contributed by atoms with Crippen LogP contribution in [0.15, 0.2) is 24.5 Å². The van der Waals surface area contributed by atoms with E-state index >= 15 is 0 Å². The molecule has 1 aromatic carbocycles. The third-order valence-electron chi connectivity index (χ3n) is 5.83. The van der Waals surface area contributed by atoms with Gasteiger partial charge in [-0.3, -0.25) is 4.79 Å². The summed E-state index contributed by atoms with van der Waals surface area (Å²) in [5.41, 5.74) is 3.65. The Morgan fingerprint density at radius 3 is 2.61 bits per heavy atom. The molecule has 0 amide bonds. The lowest BCUT2D eigenvalue weighted by Crippen LogP contribution is -2.32. The molecule has 2 aromatic rings. The van der Waals surface area contributed by atoms with E-state index in [4.69, 9.17) is 19.4 Å². The molecular weight excluding hydrogens is 422 g/mol. The molecule has 1 aliphatic heterocycles. The molecule has 0 unspecified atom stereocenters. The van der Waals surface area contributed by atoms with Crippen molar-refractivity contribution in [3.05, 3.63) is 35.7 Å². The van der Waals surface area contributed by atoms with Crippen LogP contribution in [0.25, 0.3) is 11.4 Å². The molecule has 1 fully saturated rings. The molecule has 0 bridgehead atoms. The fourth-order valence-electron chi connectivity index (χ4n) is 4.21. The number of carbonyl (C=O) groups is 1. The summed E-state index contributed by atoms with van der Waals surface area (Å²) in [5.74, 6) is 1.54. The molecule has 2 atom stereocenters. The number of nitrogens with zero attached hydrogens (tertiary/aromatic N) is 3. The van der Waals surface area contributed by atoms with Gasteiger partial charge < -0.3 is 19.1 Å². The number of aromatic nitrogens is 2. The third kappa shape index (κ3) is 4.91. The number of hydrogen-bond donors (Lipinski definition) is 1. The van der Waals surface area contributed by atoms with Crippen molar-refractivity contribution in [1.82, 2.24) is 13.9 Å². The average molecular weight is 452 g/mol. The van der Waals surface area contributed by atoms with Gasteiger partial charge in [0.25, 0.3) is 6.47 Å². The summed E-state index contributed by atoms with van der Waals surface area (Å²) >= 11 is 0. The highest BCUT2D eigenvalue weighted by atomic mass is 32.2. The van der Waals surface area contributed by atoms with Crippen molar-refractivity contribution in [3.8, 4) is 17.1 Å². The lowest BCUT2D eigenvalue weighted by Gasteiger charge is -2.23. The summed E-state index contributed by atoms with van der Waals surface area (Å²) in [5, 5.41) is 6.89. The highest BCUT2D eigenvalue weighted by Crippen LogP contribution is 2.38. The third-order valence-corrected chi connectivity index (χ3v) is 7.79. The summed E-state index contributed by atoms with van der Waals surface area (Å²) in [4.78, 5) is 13.0. The maximum Gasteiger partial charge on any atom is 0.290 e. The molecule has 170 valence electrons. The number of aryl methyl sites for hydroxylation is 2. The predicted octanol–water partition coefficient (Wildman–Crippen LogP) is 1.83. The van der Waals surface area contributed by atoms with E-state index in [-0.39, 0.29) is 24.2 Å². The topological polar surface area (TPSA) is 111 Å². The highest BCUT2D eigenvalue weighted by molar-refractivity contribution is 7.89. The van der Waals surface area contributed by atoms with E-state index in [0.29, 0.717) is 13.2 Å². The number of imidazole rings is 1. The zero-order chi connectivity index (χ0) is 22.6. The number of methoxy groups -OCH3 is 1. The lowest BCUT2D eigenvalue weighted by atomic mass is 10.0. The molecule has 0 radical (unpaired) electrons. The summed E-state index contributed by atoms with van der Waals surface area (Å²) in [6, 6.07) is 4.22. The van der Waals surface area contributed by atoms with Crippen LogP contribution in [0.2, 0.25) is 0 Å². The van der Waals surface area contributed by atoms with Gasteiger partial charge in [0.05, 0.1) is 37.7 Å². The van der Waals surface area contributed by atoms with Crippen molar-refractivity contribution >= 4 is 16.5 Å². The number of ether oxygens (including phenoxy) is 2. The van der Waals surface area contributed by atoms with Gasteiger partial charge in [0.1, 0.15) is 11.6 Å². The van der Waals surface area contributed by atoms with Crippen molar-refractivity contribution in [2.75, 3.05) is 40.2 Å². The van der Waals surface area contributed by atoms with Crippen LogP contribution in [0.4, 0.5) is 0 Å². The second-order valence-corrected chi connectivity index (χ2v) is 10.1. The van der Waals surface area contributed by atoms with Crippen LogP contribution < -0.4 is 4.74 Å². The van der Waals surface area contributed by atoms with Gasteiger partial charge in [0.2, 0.25) is 10.0 Å². The average Bonchev–Trinajstić information content (AvgIpc) is 3.46. The standard InChI is InChI=1S/C20H27N3O4S.CH2O2/c1-22(2)28(24,25)13-16-11-27-12-18(16)23-8-7-21-20(23)17-9-14-5-4-6-15(14)10-19(17)26-3;2-1-3/h7-10,16,18H,4-6,11-13H2,1-3H3;1H,(H,2,3)/t16-,18-;/m1./s1. The van der Waals surface area contributed by atoms with Gasteiger partial charge in [-0.05, 0) is 42.5 Å². The summed E-state index contributed by atoms with van der Waals surface area (Å²) in [6.07, 6.45) is 7.00. The van der Waals surface area contributed by atoms with Gasteiger partial charge in [-0.1, -0.05) is 0 Å². The number of rotatable bonds is 6. The van der Waals surface area contributed by atoms with Crippen molar-refractivity contribution in [2.45, 2.75) is 25.3 Å². The Labute approximate surface area is 182 Å². The van der Waals surface area contributed by atoms with Gasteiger partial charge in [-0.15, -0.1) is 0 Å². The Bertz CT molecular complexity index is 1020. The zero-order valence-electron chi connectivity index (χ0n) is 18.0. The van der Waals surface area contributed by atoms with Crippen LogP contribution in [0.1, 0.15) is 23.6 Å². The smallest absolute Gasteiger partial charge is 0.290 e. The lowest BCUT2D eigenvalue weighted by molar-refractivity contribution is -0.122. The number of sulfonamides is 1. The Morgan fingerprint density at radius 1 is 1.29 bits per heavy atom. The predicted molar refractivity (Wildman–Crippen MR) is 116 cm³/mol. The maximum absolute atomic E-state index is 12.4. The van der Waals surface area contributed by atoms with Crippen LogP contribution >= 0.6 is 0 Å². The second kappa shape index (κ2) is 9.80. The minimum Gasteiger partial charge on any atom is -0.496 e. The first-order chi connectivity index (χ1) is 14.8. The SMILES string of the molecule is COc1cc2c(cc1-c1nccn1[C@@H]1COC[C@@H]1CS(=O)(=O)N(C)C)CCC2.O=CO. The number of fused-ring (bicyclic) bond motifs is 1. The molecule has 31 heavy (non-hydrogen) atoms. The largest absolute Gasteiger partial charge is 0.496 e. The molecule has 0 spiro atoms. The molecule has 1 N–H and O–H groups in total. The van der Waals surface area contributed by atoms with Gasteiger partial charge in [-0.2, -0.15) is 0 Å². The van der Waals surface area contributed by atoms with E-state index < -0.39 is 10.0 Å². The molecule has 4 rings (SSSR count). The first-order valence-corrected chi connectivity index (χ1v) is 11.7. The molecule has 1 saturated heterocycles. The monoisotopic (exact) mass is 451 g/mol. The minimum absolute atomic E-state index is 0.0591. The van der Waals surface area contributed by atoms with Gasteiger partial charge in [0, 0.05) is 32.4 Å². The Balaban J connectivity index is 0.000000858. The van der Waals surface area contributed by atoms with Crippen LogP contribution in [0.3, 0.4) is 0 Å². The maximum atomic E-state index is 12.4. The van der Waals surface area contributed by atoms with E-state index in [2.05, 4.69) is 21.7 Å². The van der Waals surface area contributed by atoms with Crippen molar-refractivity contribution < 1.29 is 27.8 Å². The van der Waals surface area contributed by atoms with E-state index in [1.807, 2.05) is 6.20 Å². The molecule has 0 saturated carbocycles. The molecule has 1 aliphatic carbocycles. The van der Waals surface area contributed by atoms with E-state index in [9.17, 15) is 8.42 Å². The van der Waals surface area contributed by atoms with Crippen LogP contribution in [-0.2, 0) is 32.4 Å². The highest BCUT2D eigenvalue weighted by Gasteiger charge is 2.35. The van der Waals surface area contributed by atoms with Crippen molar-refractivity contribution in [1.29, 1.82) is 0 Å². The molecule has 10 heteroatoms. The Kier molecular flexibility index (Phi) is 7.34. The quantitative estimate of drug-likeness (QED) is 0.667. The summed E-state index contributed by atoms with van der Waals surface area (Å²) < 4.78 is 39.5. The fraction of sp³-hybridized carbons (Fsp3) is 0.524. The molecule has 1 aromatic heterocycles. The Hall–Kier alpha value is -2.43. The van der Waals surface area contributed by atoms with Crippen LogP contribution in [0, 0.1) is 5.92 Å². The van der Waals surface area contributed by atoms with E-state index in [0.717, 1.165) is 36.4 Å². The van der Waals surface area contributed by atoms with E-state index in [1.54, 1.807) is 27.4 Å². The molecular formula is C21H29N3O6S. The number of benzene rings is 1. The normalized spacial score (nSPS) is 20.3. The zero-order valence-corrected chi connectivity index (χ0v) is 18.8.